The van der Waals surface area contributed by atoms with Crippen LogP contribution < -0.4 is 5.32 Å². The van der Waals surface area contributed by atoms with E-state index in [4.69, 9.17) is 0 Å². The maximum atomic E-state index is 12.8. The van der Waals surface area contributed by atoms with E-state index in [-0.39, 0.29) is 22.6 Å². The van der Waals surface area contributed by atoms with Gasteiger partial charge in [0.05, 0.1) is 16.9 Å². The Kier molecular flexibility index (Phi) is 2.27. The minimum absolute atomic E-state index is 0.0154. The fraction of sp³-hybridized carbons (Fsp3) is 0.750. The molecule has 1 N–H and O–H groups in total. The number of nitrogens with one attached hydrogen (secondary N) is 1. The zero-order chi connectivity index (χ0) is 17.3. The monoisotopic (exact) mass is 337 g/mol. The number of nitriles is 1. The SMILES string of the molecule is CC1=C(C(=O)N(C)CCNC(=O)C23C4C5C2C2C3C4C52C#N)CCC1. The summed E-state index contributed by atoms with van der Waals surface area (Å²) in [7, 11) is 1.83. The van der Waals surface area contributed by atoms with Gasteiger partial charge in [-0.25, -0.2) is 0 Å². The number of carbonyl (C=O) groups is 2. The molecule has 7 aliphatic carbocycles. The van der Waals surface area contributed by atoms with E-state index in [9.17, 15) is 14.9 Å². The fourth-order valence-electron chi connectivity index (χ4n) is 8.21. The standard InChI is InChI=1S/C20H23N3O2/c1-9-4-3-5-10(9)17(24)23(2)7-6-22-18(25)20-14-11-15(20)13-16(20)12(14)19(11,13)8-21/h11-16H,3-7H2,1-2H3,(H,22,25). The van der Waals surface area contributed by atoms with Crippen LogP contribution >= 0.6 is 0 Å². The van der Waals surface area contributed by atoms with Crippen LogP contribution in [-0.2, 0) is 9.59 Å². The average molecular weight is 337 g/mol. The summed E-state index contributed by atoms with van der Waals surface area (Å²) in [5.74, 6) is 3.50. The van der Waals surface area contributed by atoms with E-state index < -0.39 is 0 Å². The van der Waals surface area contributed by atoms with E-state index in [2.05, 4.69) is 18.3 Å². The van der Waals surface area contributed by atoms with Crippen LogP contribution in [0.3, 0.4) is 0 Å². The quantitative estimate of drug-likeness (QED) is 0.822. The van der Waals surface area contributed by atoms with Gasteiger partial charge in [0.2, 0.25) is 11.8 Å². The Labute approximate surface area is 147 Å². The second-order valence-electron chi connectivity index (χ2n) is 9.23. The van der Waals surface area contributed by atoms with Gasteiger partial charge in [0.1, 0.15) is 0 Å². The Hall–Kier alpha value is -1.83. The summed E-state index contributed by atoms with van der Waals surface area (Å²) in [5.41, 5.74) is 2.12. The zero-order valence-corrected chi connectivity index (χ0v) is 14.7. The van der Waals surface area contributed by atoms with Crippen molar-refractivity contribution in [2.24, 2.45) is 46.3 Å². The number of hydrogen-bond acceptors (Lipinski definition) is 3. The molecule has 0 aromatic heterocycles. The minimum Gasteiger partial charge on any atom is -0.354 e. The van der Waals surface area contributed by atoms with Gasteiger partial charge in [-0.3, -0.25) is 9.59 Å². The molecule has 6 saturated carbocycles. The molecule has 0 bridgehead atoms. The number of allylic oxidation sites excluding steroid dienone is 1. The van der Waals surface area contributed by atoms with Gasteiger partial charge in [-0.05, 0) is 61.7 Å². The van der Waals surface area contributed by atoms with Gasteiger partial charge in [0, 0.05) is 25.7 Å². The van der Waals surface area contributed by atoms with Crippen molar-refractivity contribution in [3.63, 3.8) is 0 Å². The van der Waals surface area contributed by atoms with Crippen molar-refractivity contribution in [1.82, 2.24) is 10.2 Å². The molecule has 2 amide bonds. The molecule has 0 aliphatic heterocycles. The lowest BCUT2D eigenvalue weighted by Gasteiger charge is -3.08. The molecule has 7 rings (SSSR count). The lowest BCUT2D eigenvalue weighted by molar-refractivity contribution is -0.624. The minimum atomic E-state index is -0.0915. The number of hydrogen-bond donors (Lipinski definition) is 1. The Morgan fingerprint density at radius 2 is 1.84 bits per heavy atom. The molecule has 130 valence electrons. The number of rotatable bonds is 5. The molecule has 0 spiro atoms. The average Bonchev–Trinajstić information content (AvgIpc) is 3.06. The first-order valence-corrected chi connectivity index (χ1v) is 9.66. The summed E-state index contributed by atoms with van der Waals surface area (Å²) in [4.78, 5) is 27.0. The molecular formula is C20H23N3O2. The third-order valence-electron chi connectivity index (χ3n) is 9.05. The fourth-order valence-corrected chi connectivity index (χ4v) is 8.21. The van der Waals surface area contributed by atoms with Crippen LogP contribution in [0.15, 0.2) is 11.1 Å². The predicted octanol–water partition coefficient (Wildman–Crippen LogP) is 1.32. The number of carbonyl (C=O) groups excluding carboxylic acids is 2. The van der Waals surface area contributed by atoms with Crippen molar-refractivity contribution in [2.75, 3.05) is 20.1 Å². The first kappa shape index (κ1) is 14.4. The van der Waals surface area contributed by atoms with Gasteiger partial charge < -0.3 is 10.2 Å². The molecule has 0 radical (unpaired) electrons. The molecule has 0 aromatic carbocycles. The first-order valence-electron chi connectivity index (χ1n) is 9.66. The summed E-state index contributed by atoms with van der Waals surface area (Å²) < 4.78 is 0. The largest absolute Gasteiger partial charge is 0.354 e. The van der Waals surface area contributed by atoms with Crippen molar-refractivity contribution >= 4 is 11.8 Å². The van der Waals surface area contributed by atoms with Crippen LogP contribution in [0.25, 0.3) is 0 Å². The third kappa shape index (κ3) is 1.09. The van der Waals surface area contributed by atoms with E-state index in [1.807, 2.05) is 7.05 Å². The van der Waals surface area contributed by atoms with Gasteiger partial charge in [0.25, 0.3) is 0 Å². The summed E-state index contributed by atoms with van der Waals surface area (Å²) in [6.07, 6.45) is 3.00. The third-order valence-corrected chi connectivity index (χ3v) is 9.05. The number of amides is 2. The van der Waals surface area contributed by atoms with Crippen LogP contribution in [0.4, 0.5) is 0 Å². The highest BCUT2D eigenvalue weighted by molar-refractivity contribution is 5.95. The highest BCUT2D eigenvalue weighted by Gasteiger charge is 3.12. The van der Waals surface area contributed by atoms with E-state index in [0.29, 0.717) is 48.6 Å². The smallest absolute Gasteiger partial charge is 0.249 e. The van der Waals surface area contributed by atoms with Crippen molar-refractivity contribution in [2.45, 2.75) is 26.2 Å². The summed E-state index contributed by atoms with van der Waals surface area (Å²) in [6.45, 7) is 3.15. The molecule has 7 aliphatic rings. The zero-order valence-electron chi connectivity index (χ0n) is 14.7. The highest BCUT2D eigenvalue weighted by atomic mass is 16.2. The maximum Gasteiger partial charge on any atom is 0.249 e. The molecule has 0 aromatic rings. The highest BCUT2D eigenvalue weighted by Crippen LogP contribution is 3.10. The summed E-state index contributed by atoms with van der Waals surface area (Å²) in [5, 5.41) is 12.5. The second kappa shape index (κ2) is 3.95. The predicted molar refractivity (Wildman–Crippen MR) is 88.6 cm³/mol. The van der Waals surface area contributed by atoms with Gasteiger partial charge in [-0.15, -0.1) is 0 Å². The summed E-state index contributed by atoms with van der Waals surface area (Å²) >= 11 is 0. The maximum absolute atomic E-state index is 12.8. The van der Waals surface area contributed by atoms with E-state index in [1.165, 1.54) is 5.57 Å². The normalized spacial score (nSPS) is 51.1. The first-order chi connectivity index (χ1) is 12.0. The van der Waals surface area contributed by atoms with Gasteiger partial charge in [-0.1, -0.05) is 5.57 Å². The molecule has 0 atom stereocenters. The lowest BCUT2D eigenvalue weighted by Crippen LogP contribution is -3.11. The van der Waals surface area contributed by atoms with Crippen LogP contribution in [0.1, 0.15) is 26.2 Å². The molecular weight excluding hydrogens is 314 g/mol. The van der Waals surface area contributed by atoms with Crippen molar-refractivity contribution in [3.05, 3.63) is 11.1 Å². The lowest BCUT2D eigenvalue weighted by atomic mass is 8.92. The van der Waals surface area contributed by atoms with Gasteiger partial charge in [0.15, 0.2) is 0 Å². The molecule has 0 heterocycles. The Balaban J connectivity index is 1.05. The van der Waals surface area contributed by atoms with E-state index >= 15 is 0 Å². The topological polar surface area (TPSA) is 73.2 Å². The van der Waals surface area contributed by atoms with Crippen molar-refractivity contribution in [3.8, 4) is 6.07 Å². The Morgan fingerprint density at radius 3 is 2.36 bits per heavy atom. The summed E-state index contributed by atoms with van der Waals surface area (Å²) in [6, 6.07) is 2.57. The van der Waals surface area contributed by atoms with Crippen LogP contribution in [0.5, 0.6) is 0 Å². The second-order valence-corrected chi connectivity index (χ2v) is 9.23. The number of nitrogens with zero attached hydrogens (tertiary/aromatic N) is 2. The van der Waals surface area contributed by atoms with E-state index in [1.54, 1.807) is 4.90 Å². The van der Waals surface area contributed by atoms with Crippen molar-refractivity contribution < 1.29 is 9.59 Å². The molecule has 0 saturated heterocycles. The van der Waals surface area contributed by atoms with Crippen LogP contribution in [0.2, 0.25) is 0 Å². The molecule has 25 heavy (non-hydrogen) atoms. The molecule has 5 nitrogen and oxygen atoms in total. The Morgan fingerprint density at radius 1 is 1.20 bits per heavy atom. The van der Waals surface area contributed by atoms with Crippen LogP contribution in [-0.4, -0.2) is 36.9 Å². The van der Waals surface area contributed by atoms with Crippen LogP contribution in [0, 0.1) is 57.7 Å². The molecule has 0 unspecified atom stereocenters. The van der Waals surface area contributed by atoms with Gasteiger partial charge in [-0.2, -0.15) is 5.26 Å². The van der Waals surface area contributed by atoms with E-state index in [0.717, 1.165) is 24.8 Å². The Bertz CT molecular complexity index is 766. The van der Waals surface area contributed by atoms with Crippen molar-refractivity contribution in [1.29, 1.82) is 5.26 Å². The molecule has 5 heteroatoms. The number of likely N-dealkylation sites (N-methyl/N-ethyl adjacent to an activating group) is 1. The van der Waals surface area contributed by atoms with Gasteiger partial charge >= 0.3 is 0 Å². The molecule has 6 fully saturated rings.